The Kier molecular flexibility index (Phi) is 4.89. The molecule has 0 aliphatic carbocycles. The molecule has 2 heterocycles. The fourth-order valence-electron chi connectivity index (χ4n) is 1.24. The summed E-state index contributed by atoms with van der Waals surface area (Å²) in [5.74, 6) is 0.814. The maximum absolute atomic E-state index is 8.70. The molecule has 2 aromatic rings. The molecule has 0 fully saturated rings. The molecule has 0 saturated carbocycles. The van der Waals surface area contributed by atoms with Gasteiger partial charge in [0.2, 0.25) is 0 Å². The van der Waals surface area contributed by atoms with Crippen LogP contribution in [0, 0.1) is 11.3 Å². The monoisotopic (exact) mass is 229 g/mol. The molecule has 0 aromatic carbocycles. The van der Waals surface area contributed by atoms with E-state index in [0.717, 1.165) is 12.2 Å². The van der Waals surface area contributed by atoms with Gasteiger partial charge in [-0.05, 0) is 12.1 Å². The molecular formula is C13H15N3O. The molecule has 0 aliphatic rings. The van der Waals surface area contributed by atoms with Crippen molar-refractivity contribution in [3.63, 3.8) is 0 Å². The number of aryl methyl sites for hydroxylation is 1. The van der Waals surface area contributed by atoms with Gasteiger partial charge in [-0.15, -0.1) is 0 Å². The second kappa shape index (κ2) is 6.44. The third-order valence-electron chi connectivity index (χ3n) is 2.03. The van der Waals surface area contributed by atoms with Gasteiger partial charge in [0.15, 0.2) is 0 Å². The SMILES string of the molecule is CC.CCc1cc(-c2cccc(C#N)n2)no1. The summed E-state index contributed by atoms with van der Waals surface area (Å²) in [6.07, 6.45) is 0.797. The summed E-state index contributed by atoms with van der Waals surface area (Å²) in [4.78, 5) is 4.13. The van der Waals surface area contributed by atoms with Crippen LogP contribution < -0.4 is 0 Å². The van der Waals surface area contributed by atoms with Crippen LogP contribution in [-0.4, -0.2) is 10.1 Å². The average molecular weight is 229 g/mol. The van der Waals surface area contributed by atoms with Crippen molar-refractivity contribution in [3.8, 4) is 17.5 Å². The Bertz CT molecular complexity index is 511. The topological polar surface area (TPSA) is 62.7 Å². The highest BCUT2D eigenvalue weighted by molar-refractivity contribution is 5.54. The third kappa shape index (κ3) is 3.15. The quantitative estimate of drug-likeness (QED) is 0.793. The molecule has 2 rings (SSSR count). The molecule has 0 saturated heterocycles. The first-order valence-corrected chi connectivity index (χ1v) is 5.66. The number of rotatable bonds is 2. The maximum Gasteiger partial charge on any atom is 0.141 e. The van der Waals surface area contributed by atoms with Gasteiger partial charge in [0, 0.05) is 12.5 Å². The van der Waals surface area contributed by atoms with Crippen molar-refractivity contribution in [3.05, 3.63) is 35.7 Å². The molecule has 17 heavy (non-hydrogen) atoms. The van der Waals surface area contributed by atoms with Gasteiger partial charge in [0.1, 0.15) is 23.2 Å². The fourth-order valence-corrected chi connectivity index (χ4v) is 1.24. The summed E-state index contributed by atoms with van der Waals surface area (Å²) in [7, 11) is 0. The Morgan fingerprint density at radius 1 is 1.29 bits per heavy atom. The van der Waals surface area contributed by atoms with Gasteiger partial charge in [0.05, 0.1) is 5.69 Å². The highest BCUT2D eigenvalue weighted by Crippen LogP contribution is 2.17. The molecule has 4 nitrogen and oxygen atoms in total. The summed E-state index contributed by atoms with van der Waals surface area (Å²) >= 11 is 0. The summed E-state index contributed by atoms with van der Waals surface area (Å²) < 4.78 is 5.07. The van der Waals surface area contributed by atoms with Gasteiger partial charge < -0.3 is 4.52 Å². The van der Waals surface area contributed by atoms with Gasteiger partial charge in [-0.1, -0.05) is 32.0 Å². The number of hydrogen-bond donors (Lipinski definition) is 0. The first-order valence-electron chi connectivity index (χ1n) is 5.66. The van der Waals surface area contributed by atoms with E-state index in [9.17, 15) is 0 Å². The van der Waals surface area contributed by atoms with Crippen molar-refractivity contribution in [2.75, 3.05) is 0 Å². The smallest absolute Gasteiger partial charge is 0.141 e. The van der Waals surface area contributed by atoms with E-state index >= 15 is 0 Å². The summed E-state index contributed by atoms with van der Waals surface area (Å²) in [5.41, 5.74) is 1.72. The van der Waals surface area contributed by atoms with E-state index in [1.165, 1.54) is 0 Å². The lowest BCUT2D eigenvalue weighted by atomic mass is 10.2. The fraction of sp³-hybridized carbons (Fsp3) is 0.308. The van der Waals surface area contributed by atoms with Crippen molar-refractivity contribution in [2.24, 2.45) is 0 Å². The van der Waals surface area contributed by atoms with Crippen LogP contribution in [0.4, 0.5) is 0 Å². The number of hydrogen-bond acceptors (Lipinski definition) is 4. The zero-order valence-corrected chi connectivity index (χ0v) is 10.3. The highest BCUT2D eigenvalue weighted by atomic mass is 16.5. The molecule has 4 heteroatoms. The summed E-state index contributed by atoms with van der Waals surface area (Å²) in [5, 5.41) is 12.6. The molecule has 0 N–H and O–H groups in total. The minimum atomic E-state index is 0.383. The number of nitrogens with zero attached hydrogens (tertiary/aromatic N) is 3. The van der Waals surface area contributed by atoms with Gasteiger partial charge in [-0.25, -0.2) is 4.98 Å². The number of aromatic nitrogens is 2. The van der Waals surface area contributed by atoms with Gasteiger partial charge in [-0.2, -0.15) is 5.26 Å². The van der Waals surface area contributed by atoms with E-state index in [4.69, 9.17) is 9.78 Å². The zero-order chi connectivity index (χ0) is 12.7. The minimum Gasteiger partial charge on any atom is -0.361 e. The van der Waals surface area contributed by atoms with Crippen molar-refractivity contribution >= 4 is 0 Å². The molecule has 0 aliphatic heterocycles. The Hall–Kier alpha value is -2.15. The molecule has 0 spiro atoms. The van der Waals surface area contributed by atoms with Crippen LogP contribution in [0.25, 0.3) is 11.4 Å². The average Bonchev–Trinajstić information content (AvgIpc) is 2.90. The minimum absolute atomic E-state index is 0.383. The maximum atomic E-state index is 8.70. The van der Waals surface area contributed by atoms with Gasteiger partial charge in [0.25, 0.3) is 0 Å². The summed E-state index contributed by atoms with van der Waals surface area (Å²) in [6, 6.07) is 9.06. The second-order valence-electron chi connectivity index (χ2n) is 3.05. The lowest BCUT2D eigenvalue weighted by Gasteiger charge is -1.93. The predicted molar refractivity (Wildman–Crippen MR) is 65.2 cm³/mol. The van der Waals surface area contributed by atoms with Crippen LogP contribution in [0.5, 0.6) is 0 Å². The van der Waals surface area contributed by atoms with E-state index in [1.54, 1.807) is 18.2 Å². The van der Waals surface area contributed by atoms with Crippen molar-refractivity contribution in [2.45, 2.75) is 27.2 Å². The first-order chi connectivity index (χ1) is 8.33. The van der Waals surface area contributed by atoms with E-state index in [1.807, 2.05) is 32.9 Å². The van der Waals surface area contributed by atoms with Crippen molar-refractivity contribution < 1.29 is 4.52 Å². The van der Waals surface area contributed by atoms with Crippen molar-refractivity contribution in [1.29, 1.82) is 5.26 Å². The van der Waals surface area contributed by atoms with E-state index < -0.39 is 0 Å². The molecule has 2 aromatic heterocycles. The first kappa shape index (κ1) is 12.9. The Labute approximate surface area is 101 Å². The molecular weight excluding hydrogens is 214 g/mol. The van der Waals surface area contributed by atoms with E-state index in [0.29, 0.717) is 17.1 Å². The zero-order valence-electron chi connectivity index (χ0n) is 10.3. The molecule has 0 atom stereocenters. The molecule has 0 radical (unpaired) electrons. The highest BCUT2D eigenvalue weighted by Gasteiger charge is 2.06. The lowest BCUT2D eigenvalue weighted by Crippen LogP contribution is -1.86. The Morgan fingerprint density at radius 2 is 2.06 bits per heavy atom. The molecule has 0 amide bonds. The van der Waals surface area contributed by atoms with Crippen LogP contribution >= 0.6 is 0 Å². The molecule has 0 unspecified atom stereocenters. The predicted octanol–water partition coefficient (Wildman–Crippen LogP) is 3.20. The van der Waals surface area contributed by atoms with Crippen LogP contribution in [0.1, 0.15) is 32.2 Å². The Balaban J connectivity index is 0.000000686. The summed E-state index contributed by atoms with van der Waals surface area (Å²) in [6.45, 7) is 5.99. The van der Waals surface area contributed by atoms with E-state index in [-0.39, 0.29) is 0 Å². The van der Waals surface area contributed by atoms with Gasteiger partial charge in [-0.3, -0.25) is 0 Å². The normalized spacial score (nSPS) is 9.06. The van der Waals surface area contributed by atoms with Crippen LogP contribution in [-0.2, 0) is 6.42 Å². The standard InChI is InChI=1S/C11H9N3O.C2H6/c1-2-9-6-11(14-15-9)10-5-3-4-8(7-12)13-10;1-2/h3-6H,2H2,1H3;1-2H3. The lowest BCUT2D eigenvalue weighted by molar-refractivity contribution is 0.389. The second-order valence-corrected chi connectivity index (χ2v) is 3.05. The number of nitriles is 1. The Morgan fingerprint density at radius 3 is 2.65 bits per heavy atom. The molecule has 0 bridgehead atoms. The largest absolute Gasteiger partial charge is 0.361 e. The van der Waals surface area contributed by atoms with Gasteiger partial charge >= 0.3 is 0 Å². The van der Waals surface area contributed by atoms with Crippen molar-refractivity contribution in [1.82, 2.24) is 10.1 Å². The molecule has 88 valence electrons. The van der Waals surface area contributed by atoms with Crippen LogP contribution in [0.15, 0.2) is 28.8 Å². The van der Waals surface area contributed by atoms with Crippen LogP contribution in [0.2, 0.25) is 0 Å². The van der Waals surface area contributed by atoms with E-state index in [2.05, 4.69) is 10.1 Å². The van der Waals surface area contributed by atoms with Crippen LogP contribution in [0.3, 0.4) is 0 Å². The third-order valence-corrected chi connectivity index (χ3v) is 2.03. The number of pyridine rings is 1.